The normalized spacial score (nSPS) is 10.9. The van der Waals surface area contributed by atoms with E-state index in [1.165, 1.54) is 0 Å². The first-order valence-corrected chi connectivity index (χ1v) is 8.10. The topological polar surface area (TPSA) is 60.9 Å². The quantitative estimate of drug-likeness (QED) is 0.606. The number of rotatable bonds is 2. The lowest BCUT2D eigenvalue weighted by molar-refractivity contribution is 0.824. The summed E-state index contributed by atoms with van der Waals surface area (Å²) in [6.45, 7) is 1.72. The van der Waals surface area contributed by atoms with Crippen LogP contribution in [0.3, 0.4) is 0 Å². The Morgan fingerprint density at radius 2 is 1.56 bits per heavy atom. The molecule has 0 aliphatic rings. The molecule has 0 saturated heterocycles. The number of hydrogen-bond acceptors (Lipinski definition) is 3. The van der Waals surface area contributed by atoms with Crippen LogP contribution in [0.4, 0.5) is 5.82 Å². The van der Waals surface area contributed by atoms with Crippen molar-refractivity contribution in [2.24, 2.45) is 0 Å². The minimum Gasteiger partial charge on any atom is -0.383 e. The van der Waals surface area contributed by atoms with Gasteiger partial charge in [-0.2, -0.15) is 5.10 Å². The molecule has 0 bridgehead atoms. The van der Waals surface area contributed by atoms with E-state index in [9.17, 15) is 4.79 Å². The third kappa shape index (κ3) is 2.48. The summed E-state index contributed by atoms with van der Waals surface area (Å²) in [5, 5.41) is 6.46. The number of fused-ring (bicyclic) bond motifs is 1. The summed E-state index contributed by atoms with van der Waals surface area (Å²) in [4.78, 5) is 12.9. The Hall–Kier alpha value is -3.40. The van der Waals surface area contributed by atoms with Crippen molar-refractivity contribution >= 4 is 16.6 Å². The van der Waals surface area contributed by atoms with Gasteiger partial charge in [0.25, 0.3) is 0 Å². The number of nitrogens with zero attached hydrogens (tertiary/aromatic N) is 2. The smallest absolute Gasteiger partial charge is 0.213 e. The molecule has 1 aromatic heterocycles. The van der Waals surface area contributed by atoms with E-state index in [-0.39, 0.29) is 5.43 Å². The Labute approximate surface area is 145 Å². The molecule has 0 unspecified atom stereocenters. The fraction of sp³-hybridized carbons (Fsp3) is 0.0476. The summed E-state index contributed by atoms with van der Waals surface area (Å²) in [7, 11) is 0. The lowest BCUT2D eigenvalue weighted by Crippen LogP contribution is -2.21. The molecule has 0 aliphatic heterocycles. The monoisotopic (exact) mass is 327 g/mol. The van der Waals surface area contributed by atoms with Crippen LogP contribution < -0.4 is 11.2 Å². The van der Waals surface area contributed by atoms with Crippen molar-refractivity contribution in [2.75, 3.05) is 5.73 Å². The molecule has 4 rings (SSSR count). The molecule has 0 amide bonds. The van der Waals surface area contributed by atoms with Gasteiger partial charge in [0, 0.05) is 0 Å². The molecule has 4 nitrogen and oxygen atoms in total. The summed E-state index contributed by atoms with van der Waals surface area (Å²) in [6.07, 6.45) is 0. The summed E-state index contributed by atoms with van der Waals surface area (Å²) < 4.78 is 1.63. The van der Waals surface area contributed by atoms with Crippen molar-refractivity contribution in [2.45, 2.75) is 6.92 Å². The minimum absolute atomic E-state index is 0.138. The van der Waals surface area contributed by atoms with Crippen LogP contribution in [-0.4, -0.2) is 9.78 Å². The zero-order valence-corrected chi connectivity index (χ0v) is 13.8. The number of aryl methyl sites for hydroxylation is 1. The van der Waals surface area contributed by atoms with Gasteiger partial charge in [0.1, 0.15) is 11.5 Å². The van der Waals surface area contributed by atoms with Crippen LogP contribution >= 0.6 is 0 Å². The predicted molar refractivity (Wildman–Crippen MR) is 102 cm³/mol. The highest BCUT2D eigenvalue weighted by atomic mass is 16.1. The Balaban J connectivity index is 2.08. The second-order valence-electron chi connectivity index (χ2n) is 5.95. The van der Waals surface area contributed by atoms with Crippen LogP contribution in [0.2, 0.25) is 0 Å². The van der Waals surface area contributed by atoms with Gasteiger partial charge in [0.15, 0.2) is 0 Å². The first-order chi connectivity index (χ1) is 12.2. The van der Waals surface area contributed by atoms with Crippen LogP contribution in [0.15, 0.2) is 77.6 Å². The van der Waals surface area contributed by atoms with Gasteiger partial charge in [-0.05, 0) is 35.4 Å². The molecule has 2 N–H and O–H groups in total. The molecular weight excluding hydrogens is 310 g/mol. The lowest BCUT2D eigenvalue weighted by Gasteiger charge is -2.15. The van der Waals surface area contributed by atoms with Crippen molar-refractivity contribution < 1.29 is 0 Å². The van der Waals surface area contributed by atoms with E-state index in [0.29, 0.717) is 17.1 Å². The van der Waals surface area contributed by atoms with Crippen molar-refractivity contribution in [3.05, 3.63) is 88.7 Å². The Bertz CT molecular complexity index is 1130. The summed E-state index contributed by atoms with van der Waals surface area (Å²) >= 11 is 0. The van der Waals surface area contributed by atoms with Crippen LogP contribution in [-0.2, 0) is 0 Å². The number of para-hydroxylation sites is 1. The van der Waals surface area contributed by atoms with Crippen molar-refractivity contribution in [3.63, 3.8) is 0 Å². The number of benzene rings is 3. The molecule has 0 saturated carbocycles. The first-order valence-electron chi connectivity index (χ1n) is 8.10. The highest BCUT2D eigenvalue weighted by Crippen LogP contribution is 2.30. The molecule has 0 aliphatic carbocycles. The van der Waals surface area contributed by atoms with Crippen LogP contribution in [0.5, 0.6) is 0 Å². The van der Waals surface area contributed by atoms with Gasteiger partial charge in [0.2, 0.25) is 5.43 Å². The van der Waals surface area contributed by atoms with Crippen molar-refractivity contribution in [3.8, 4) is 16.8 Å². The molecule has 4 aromatic rings. The van der Waals surface area contributed by atoms with E-state index in [1.807, 2.05) is 72.8 Å². The van der Waals surface area contributed by atoms with Crippen molar-refractivity contribution in [1.29, 1.82) is 0 Å². The highest BCUT2D eigenvalue weighted by molar-refractivity contribution is 5.98. The van der Waals surface area contributed by atoms with Gasteiger partial charge in [-0.1, -0.05) is 60.7 Å². The number of nitrogens with two attached hydrogens (primary N) is 1. The average molecular weight is 327 g/mol. The third-order valence-electron chi connectivity index (χ3n) is 4.35. The molecule has 25 heavy (non-hydrogen) atoms. The molecule has 0 radical (unpaired) electrons. The van der Waals surface area contributed by atoms with Gasteiger partial charge < -0.3 is 5.73 Å². The van der Waals surface area contributed by atoms with E-state index < -0.39 is 0 Å². The number of anilines is 1. The van der Waals surface area contributed by atoms with Crippen LogP contribution in [0.1, 0.15) is 5.69 Å². The molecule has 0 spiro atoms. The van der Waals surface area contributed by atoms with E-state index in [0.717, 1.165) is 22.0 Å². The number of hydrogen-bond donors (Lipinski definition) is 1. The molecule has 4 heteroatoms. The standard InChI is InChI=1S/C21H17N3O/c1-14-20(25)19(18-13-7-9-15-8-5-6-12-17(15)18)21(22)24(23-14)16-10-3-2-4-11-16/h2-13H,22H2,1H3. The molecule has 1 heterocycles. The second kappa shape index (κ2) is 5.91. The number of nitrogen functional groups attached to an aromatic ring is 1. The maximum Gasteiger partial charge on any atom is 0.213 e. The third-order valence-corrected chi connectivity index (χ3v) is 4.35. The fourth-order valence-corrected chi connectivity index (χ4v) is 3.12. The molecule has 3 aromatic carbocycles. The molecule has 0 atom stereocenters. The van der Waals surface area contributed by atoms with Gasteiger partial charge in [-0.3, -0.25) is 4.79 Å². The number of aromatic nitrogens is 2. The summed E-state index contributed by atoms with van der Waals surface area (Å²) in [6, 6.07) is 23.5. The van der Waals surface area contributed by atoms with E-state index in [2.05, 4.69) is 5.10 Å². The SMILES string of the molecule is Cc1nn(-c2ccccc2)c(N)c(-c2cccc3ccccc23)c1=O. The van der Waals surface area contributed by atoms with E-state index in [1.54, 1.807) is 11.6 Å². The Morgan fingerprint density at radius 1 is 0.880 bits per heavy atom. The minimum atomic E-state index is -0.138. The Kier molecular flexibility index (Phi) is 3.58. The van der Waals surface area contributed by atoms with Gasteiger partial charge in [-0.15, -0.1) is 0 Å². The van der Waals surface area contributed by atoms with Gasteiger partial charge in [-0.25, -0.2) is 4.68 Å². The lowest BCUT2D eigenvalue weighted by atomic mass is 9.98. The van der Waals surface area contributed by atoms with Crippen LogP contribution in [0.25, 0.3) is 27.6 Å². The summed E-state index contributed by atoms with van der Waals surface area (Å²) in [5.41, 5.74) is 8.84. The molecule has 122 valence electrons. The van der Waals surface area contributed by atoms with Gasteiger partial charge >= 0.3 is 0 Å². The maximum atomic E-state index is 12.9. The molecule has 0 fully saturated rings. The Morgan fingerprint density at radius 3 is 2.36 bits per heavy atom. The van der Waals surface area contributed by atoms with Crippen LogP contribution in [0, 0.1) is 6.92 Å². The van der Waals surface area contributed by atoms with E-state index in [4.69, 9.17) is 5.73 Å². The zero-order chi connectivity index (χ0) is 17.4. The zero-order valence-electron chi connectivity index (χ0n) is 13.8. The predicted octanol–water partition coefficient (Wildman–Crippen LogP) is 3.94. The first kappa shape index (κ1) is 15.1. The fourth-order valence-electron chi connectivity index (χ4n) is 3.12. The van der Waals surface area contributed by atoms with Gasteiger partial charge in [0.05, 0.1) is 11.3 Å². The maximum absolute atomic E-state index is 12.9. The highest BCUT2D eigenvalue weighted by Gasteiger charge is 2.17. The summed E-state index contributed by atoms with van der Waals surface area (Å²) in [5.74, 6) is 0.346. The largest absolute Gasteiger partial charge is 0.383 e. The second-order valence-corrected chi connectivity index (χ2v) is 5.95. The van der Waals surface area contributed by atoms with E-state index >= 15 is 0 Å². The average Bonchev–Trinajstić information content (AvgIpc) is 2.66. The molecular formula is C21H17N3O. The van der Waals surface area contributed by atoms with Crippen molar-refractivity contribution in [1.82, 2.24) is 9.78 Å².